The highest BCUT2D eigenvalue weighted by molar-refractivity contribution is 5.95. The number of amides is 3. The van der Waals surface area contributed by atoms with Gasteiger partial charge in [0.1, 0.15) is 18.7 Å². The first-order valence-electron chi connectivity index (χ1n) is 10.9. The minimum atomic E-state index is -5.11. The number of hydrogen-bond donors (Lipinski definition) is 3. The number of nitrogens with one attached hydrogen (secondary N) is 3. The van der Waals surface area contributed by atoms with Crippen LogP contribution in [-0.2, 0) is 25.7 Å². The number of carbonyl (C=O) groups is 4. The summed E-state index contributed by atoms with van der Waals surface area (Å²) < 4.78 is 43.7. The molecule has 0 aliphatic heterocycles. The molecule has 0 aliphatic carbocycles. The summed E-state index contributed by atoms with van der Waals surface area (Å²) >= 11 is 0. The number of benzene rings is 1. The zero-order valence-corrected chi connectivity index (χ0v) is 19.9. The molecule has 1 rings (SSSR count). The molecule has 34 heavy (non-hydrogen) atoms. The summed E-state index contributed by atoms with van der Waals surface area (Å²) in [6.07, 6.45) is -6.16. The number of Topliss-reactive ketones (excluding diaryl/α,β-unsaturated/α-hetero) is 1. The van der Waals surface area contributed by atoms with Gasteiger partial charge in [0, 0.05) is 0 Å². The van der Waals surface area contributed by atoms with Gasteiger partial charge in [-0.05, 0) is 30.7 Å². The van der Waals surface area contributed by atoms with Gasteiger partial charge in [0.05, 0.1) is 6.04 Å². The molecule has 0 saturated heterocycles. The van der Waals surface area contributed by atoms with Gasteiger partial charge in [-0.1, -0.05) is 58.0 Å². The van der Waals surface area contributed by atoms with Gasteiger partial charge >= 0.3 is 12.3 Å². The van der Waals surface area contributed by atoms with E-state index >= 15 is 0 Å². The molecule has 190 valence electrons. The Hall–Kier alpha value is -3.11. The molecule has 0 aromatic heterocycles. The van der Waals surface area contributed by atoms with Gasteiger partial charge in [-0.3, -0.25) is 14.4 Å². The highest BCUT2D eigenvalue weighted by atomic mass is 19.4. The summed E-state index contributed by atoms with van der Waals surface area (Å²) in [7, 11) is 0. The number of ether oxygens (including phenoxy) is 1. The maximum absolute atomic E-state index is 12.9. The first-order chi connectivity index (χ1) is 15.7. The van der Waals surface area contributed by atoms with E-state index in [4.69, 9.17) is 4.74 Å². The average molecular weight is 488 g/mol. The molecule has 1 aromatic carbocycles. The van der Waals surface area contributed by atoms with Gasteiger partial charge in [0.2, 0.25) is 11.8 Å². The van der Waals surface area contributed by atoms with E-state index in [-0.39, 0.29) is 24.9 Å². The van der Waals surface area contributed by atoms with E-state index < -0.39 is 48.0 Å². The van der Waals surface area contributed by atoms with Crippen molar-refractivity contribution in [2.75, 3.05) is 0 Å². The summed E-state index contributed by atoms with van der Waals surface area (Å²) in [5.41, 5.74) is 0.748. The zero-order valence-electron chi connectivity index (χ0n) is 19.9. The van der Waals surface area contributed by atoms with Crippen molar-refractivity contribution in [2.45, 2.75) is 71.9 Å². The molecular formula is C23H32F3N3O5. The fourth-order valence-corrected chi connectivity index (χ4v) is 2.99. The van der Waals surface area contributed by atoms with Crippen LogP contribution in [0.5, 0.6) is 0 Å². The molecule has 3 amide bonds. The average Bonchev–Trinajstić information content (AvgIpc) is 2.74. The first kappa shape index (κ1) is 28.9. The maximum atomic E-state index is 12.9. The van der Waals surface area contributed by atoms with Crippen LogP contribution in [0.15, 0.2) is 30.3 Å². The van der Waals surface area contributed by atoms with Gasteiger partial charge in [-0.25, -0.2) is 4.79 Å². The van der Waals surface area contributed by atoms with E-state index in [1.165, 1.54) is 6.92 Å². The van der Waals surface area contributed by atoms with Gasteiger partial charge in [0.15, 0.2) is 0 Å². The largest absolute Gasteiger partial charge is 0.452 e. The molecule has 8 nitrogen and oxygen atoms in total. The summed E-state index contributed by atoms with van der Waals surface area (Å²) in [5.74, 6) is -4.42. The van der Waals surface area contributed by atoms with Crippen LogP contribution in [0.1, 0.15) is 46.6 Å². The SMILES string of the molecule is CC(C)CC(NC(=O)C(C)NC(=O)C(NC(=O)OCc1ccccc1)C(C)C)C(=O)C(F)(F)F. The summed E-state index contributed by atoms with van der Waals surface area (Å²) in [6.45, 7) is 7.80. The summed E-state index contributed by atoms with van der Waals surface area (Å²) in [4.78, 5) is 48.9. The standard InChI is InChI=1S/C23H32F3N3O5/c1-13(2)11-17(19(30)23(24,25)26)28-20(31)15(5)27-21(32)18(14(3)4)29-22(33)34-12-16-9-7-6-8-10-16/h6-10,13-15,17-18H,11-12H2,1-5H3,(H,27,32)(H,28,31)(H,29,33). The predicted molar refractivity (Wildman–Crippen MR) is 118 cm³/mol. The summed E-state index contributed by atoms with van der Waals surface area (Å²) in [5, 5.41) is 6.86. The van der Waals surface area contributed by atoms with E-state index in [1.54, 1.807) is 52.0 Å². The Bertz CT molecular complexity index is 844. The van der Waals surface area contributed by atoms with Crippen LogP contribution < -0.4 is 16.0 Å². The van der Waals surface area contributed by atoms with Gasteiger partial charge in [-0.2, -0.15) is 13.2 Å². The van der Waals surface area contributed by atoms with E-state index in [0.29, 0.717) is 0 Å². The quantitative estimate of drug-likeness (QED) is 0.444. The highest BCUT2D eigenvalue weighted by Crippen LogP contribution is 2.21. The van der Waals surface area contributed by atoms with Crippen LogP contribution >= 0.6 is 0 Å². The zero-order chi connectivity index (χ0) is 26.1. The fourth-order valence-electron chi connectivity index (χ4n) is 2.99. The van der Waals surface area contributed by atoms with Gasteiger partial charge in [-0.15, -0.1) is 0 Å². The molecule has 11 heteroatoms. The van der Waals surface area contributed by atoms with Crippen LogP contribution in [0.2, 0.25) is 0 Å². The van der Waals surface area contributed by atoms with Crippen molar-refractivity contribution in [1.29, 1.82) is 0 Å². The fraction of sp³-hybridized carbons (Fsp3) is 0.565. The molecule has 0 fully saturated rings. The van der Waals surface area contributed by atoms with Crippen molar-refractivity contribution < 1.29 is 37.1 Å². The van der Waals surface area contributed by atoms with Crippen molar-refractivity contribution in [1.82, 2.24) is 16.0 Å². The summed E-state index contributed by atoms with van der Waals surface area (Å²) in [6, 6.07) is 4.80. The molecule has 3 N–H and O–H groups in total. The van der Waals surface area contributed by atoms with Crippen molar-refractivity contribution in [3.63, 3.8) is 0 Å². The maximum Gasteiger partial charge on any atom is 0.452 e. The lowest BCUT2D eigenvalue weighted by atomic mass is 9.99. The Morgan fingerprint density at radius 2 is 1.47 bits per heavy atom. The number of hydrogen-bond acceptors (Lipinski definition) is 5. The monoisotopic (exact) mass is 487 g/mol. The van der Waals surface area contributed by atoms with Crippen molar-refractivity contribution >= 4 is 23.7 Å². The molecule has 1 aromatic rings. The van der Waals surface area contributed by atoms with Crippen LogP contribution in [-0.4, -0.2) is 48.0 Å². The lowest BCUT2D eigenvalue weighted by molar-refractivity contribution is -0.174. The number of carbonyl (C=O) groups excluding carboxylic acids is 4. The molecule has 0 saturated carbocycles. The van der Waals surface area contributed by atoms with E-state index in [2.05, 4.69) is 16.0 Å². The first-order valence-corrected chi connectivity index (χ1v) is 10.9. The Morgan fingerprint density at radius 1 is 0.882 bits per heavy atom. The van der Waals surface area contributed by atoms with E-state index in [9.17, 15) is 32.3 Å². The number of rotatable bonds is 11. The van der Waals surface area contributed by atoms with Crippen molar-refractivity contribution in [2.24, 2.45) is 11.8 Å². The molecule has 3 atom stereocenters. The van der Waals surface area contributed by atoms with Crippen LogP contribution in [0.25, 0.3) is 0 Å². The Kier molecular flexibility index (Phi) is 11.0. The van der Waals surface area contributed by atoms with Crippen LogP contribution in [0, 0.1) is 11.8 Å². The Morgan fingerprint density at radius 3 is 1.97 bits per heavy atom. The predicted octanol–water partition coefficient (Wildman–Crippen LogP) is 3.10. The number of alkyl carbamates (subject to hydrolysis) is 1. The third kappa shape index (κ3) is 9.80. The normalized spacial score (nSPS) is 14.2. The smallest absolute Gasteiger partial charge is 0.445 e. The van der Waals surface area contributed by atoms with Gasteiger partial charge < -0.3 is 20.7 Å². The Labute approximate surface area is 197 Å². The second kappa shape index (κ2) is 13.0. The Balaban J connectivity index is 2.73. The third-order valence-corrected chi connectivity index (χ3v) is 4.81. The number of halogens is 3. The van der Waals surface area contributed by atoms with Crippen molar-refractivity contribution in [3.8, 4) is 0 Å². The minimum absolute atomic E-state index is 0.0115. The van der Waals surface area contributed by atoms with Crippen LogP contribution in [0.3, 0.4) is 0 Å². The molecule has 3 unspecified atom stereocenters. The molecular weight excluding hydrogens is 455 g/mol. The second-order valence-electron chi connectivity index (χ2n) is 8.71. The lowest BCUT2D eigenvalue weighted by Crippen LogP contribution is -2.57. The minimum Gasteiger partial charge on any atom is -0.445 e. The molecule has 0 bridgehead atoms. The second-order valence-corrected chi connectivity index (χ2v) is 8.71. The molecule has 0 heterocycles. The molecule has 0 radical (unpaired) electrons. The lowest BCUT2D eigenvalue weighted by Gasteiger charge is -2.25. The topological polar surface area (TPSA) is 114 Å². The third-order valence-electron chi connectivity index (χ3n) is 4.81. The van der Waals surface area contributed by atoms with E-state index in [0.717, 1.165) is 5.56 Å². The van der Waals surface area contributed by atoms with Gasteiger partial charge in [0.25, 0.3) is 5.78 Å². The molecule has 0 aliphatic rings. The number of alkyl halides is 3. The van der Waals surface area contributed by atoms with E-state index in [1.807, 2.05) is 6.07 Å². The van der Waals surface area contributed by atoms with Crippen LogP contribution in [0.4, 0.5) is 18.0 Å². The molecule has 0 spiro atoms. The highest BCUT2D eigenvalue weighted by Gasteiger charge is 2.44. The number of ketones is 1. The van der Waals surface area contributed by atoms with Crippen molar-refractivity contribution in [3.05, 3.63) is 35.9 Å².